The van der Waals surface area contributed by atoms with Gasteiger partial charge in [-0.3, -0.25) is 5.10 Å². The van der Waals surface area contributed by atoms with E-state index in [0.717, 1.165) is 11.8 Å². The molecule has 2 aromatic heterocycles. The topological polar surface area (TPSA) is 75.7 Å². The summed E-state index contributed by atoms with van der Waals surface area (Å²) in [6, 6.07) is 0.184. The van der Waals surface area contributed by atoms with Crippen molar-refractivity contribution in [3.8, 4) is 0 Å². The van der Waals surface area contributed by atoms with Gasteiger partial charge in [-0.1, -0.05) is 6.92 Å². The lowest BCUT2D eigenvalue weighted by Gasteiger charge is -2.16. The highest BCUT2D eigenvalue weighted by atomic mass is 35.5. The van der Waals surface area contributed by atoms with Crippen molar-refractivity contribution in [2.75, 3.05) is 19.0 Å². The number of anilines is 1. The van der Waals surface area contributed by atoms with E-state index in [-0.39, 0.29) is 11.3 Å². The molecule has 0 saturated heterocycles. The van der Waals surface area contributed by atoms with Crippen molar-refractivity contribution in [3.63, 3.8) is 0 Å². The summed E-state index contributed by atoms with van der Waals surface area (Å²) in [4.78, 5) is 8.21. The largest absolute Gasteiger partial charge is 0.383 e. The molecular formula is C10H14ClN5O. The van der Waals surface area contributed by atoms with Gasteiger partial charge >= 0.3 is 0 Å². The van der Waals surface area contributed by atoms with Crippen molar-refractivity contribution >= 4 is 28.5 Å². The zero-order chi connectivity index (χ0) is 12.3. The van der Waals surface area contributed by atoms with E-state index >= 15 is 0 Å². The summed E-state index contributed by atoms with van der Waals surface area (Å²) >= 11 is 5.84. The Hall–Kier alpha value is -1.40. The van der Waals surface area contributed by atoms with E-state index in [2.05, 4.69) is 32.4 Å². The monoisotopic (exact) mass is 255 g/mol. The van der Waals surface area contributed by atoms with Crippen LogP contribution in [0, 0.1) is 0 Å². The molecule has 0 saturated carbocycles. The molecular weight excluding hydrogens is 242 g/mol. The number of fused-ring (bicyclic) bond motifs is 1. The SMILES string of the molecule is CCC(COC)Nc1nc(Cl)nc2[nH]ncc12. The van der Waals surface area contributed by atoms with Crippen molar-refractivity contribution in [3.05, 3.63) is 11.5 Å². The number of hydrogen-bond acceptors (Lipinski definition) is 5. The lowest BCUT2D eigenvalue weighted by molar-refractivity contribution is 0.184. The predicted octanol–water partition coefficient (Wildman–Crippen LogP) is 1.84. The average molecular weight is 256 g/mol. The number of H-pyrrole nitrogens is 1. The van der Waals surface area contributed by atoms with Gasteiger partial charge in [0, 0.05) is 7.11 Å². The molecule has 1 atom stereocenters. The summed E-state index contributed by atoms with van der Waals surface area (Å²) in [5, 5.41) is 11.0. The molecule has 0 spiro atoms. The van der Waals surface area contributed by atoms with Crippen LogP contribution in [0.15, 0.2) is 6.20 Å². The molecule has 0 aliphatic heterocycles. The van der Waals surface area contributed by atoms with Gasteiger partial charge < -0.3 is 10.1 Å². The molecule has 17 heavy (non-hydrogen) atoms. The first-order valence-corrected chi connectivity index (χ1v) is 5.74. The highest BCUT2D eigenvalue weighted by molar-refractivity contribution is 6.28. The Balaban J connectivity index is 2.30. The fraction of sp³-hybridized carbons (Fsp3) is 0.500. The van der Waals surface area contributed by atoms with E-state index in [4.69, 9.17) is 16.3 Å². The minimum Gasteiger partial charge on any atom is -0.383 e. The molecule has 6 nitrogen and oxygen atoms in total. The van der Waals surface area contributed by atoms with Crippen molar-refractivity contribution < 1.29 is 4.74 Å². The average Bonchev–Trinajstić information content (AvgIpc) is 2.76. The van der Waals surface area contributed by atoms with Gasteiger partial charge in [0.05, 0.1) is 24.2 Å². The predicted molar refractivity (Wildman–Crippen MR) is 66.3 cm³/mol. The van der Waals surface area contributed by atoms with Crippen LogP contribution in [-0.2, 0) is 4.74 Å². The lowest BCUT2D eigenvalue weighted by atomic mass is 10.2. The highest BCUT2D eigenvalue weighted by Crippen LogP contribution is 2.20. The lowest BCUT2D eigenvalue weighted by Crippen LogP contribution is -2.24. The highest BCUT2D eigenvalue weighted by Gasteiger charge is 2.12. The number of nitrogens with zero attached hydrogens (tertiary/aromatic N) is 3. The van der Waals surface area contributed by atoms with E-state index in [0.29, 0.717) is 18.1 Å². The van der Waals surface area contributed by atoms with E-state index in [9.17, 15) is 0 Å². The number of rotatable bonds is 5. The first-order chi connectivity index (χ1) is 8.24. The van der Waals surface area contributed by atoms with Crippen molar-refractivity contribution in [2.24, 2.45) is 0 Å². The minimum atomic E-state index is 0.184. The third kappa shape index (κ3) is 2.65. The summed E-state index contributed by atoms with van der Waals surface area (Å²) in [7, 11) is 1.67. The third-order valence-corrected chi connectivity index (χ3v) is 2.65. The van der Waals surface area contributed by atoms with Gasteiger partial charge in [-0.15, -0.1) is 0 Å². The van der Waals surface area contributed by atoms with Crippen LogP contribution < -0.4 is 5.32 Å². The second kappa shape index (κ2) is 5.29. The zero-order valence-corrected chi connectivity index (χ0v) is 10.5. The van der Waals surface area contributed by atoms with Crippen LogP contribution in [0.5, 0.6) is 0 Å². The van der Waals surface area contributed by atoms with Gasteiger partial charge in [-0.25, -0.2) is 0 Å². The smallest absolute Gasteiger partial charge is 0.226 e. The second-order valence-electron chi connectivity index (χ2n) is 3.68. The zero-order valence-electron chi connectivity index (χ0n) is 9.70. The van der Waals surface area contributed by atoms with Gasteiger partial charge in [0.2, 0.25) is 5.28 Å². The molecule has 0 bridgehead atoms. The number of hydrogen-bond donors (Lipinski definition) is 2. The van der Waals surface area contributed by atoms with E-state index in [1.165, 1.54) is 0 Å². The Bertz CT molecular complexity index is 500. The summed E-state index contributed by atoms with van der Waals surface area (Å²) in [5.41, 5.74) is 0.625. The van der Waals surface area contributed by atoms with Crippen LogP contribution >= 0.6 is 11.6 Å². The molecule has 0 aromatic carbocycles. The van der Waals surface area contributed by atoms with E-state index in [1.807, 2.05) is 0 Å². The summed E-state index contributed by atoms with van der Waals surface area (Å²) in [5.74, 6) is 0.678. The van der Waals surface area contributed by atoms with Crippen LogP contribution in [0.2, 0.25) is 5.28 Å². The Morgan fingerprint density at radius 3 is 3.06 bits per heavy atom. The maximum atomic E-state index is 5.84. The summed E-state index contributed by atoms with van der Waals surface area (Å²) < 4.78 is 5.13. The molecule has 2 heterocycles. The van der Waals surface area contributed by atoms with Gasteiger partial charge in [0.15, 0.2) is 5.65 Å². The van der Waals surface area contributed by atoms with Crippen molar-refractivity contribution in [1.29, 1.82) is 0 Å². The van der Waals surface area contributed by atoms with Crippen LogP contribution in [-0.4, -0.2) is 39.9 Å². The number of halogens is 1. The van der Waals surface area contributed by atoms with Gasteiger partial charge in [0.1, 0.15) is 5.82 Å². The molecule has 0 aliphatic carbocycles. The molecule has 0 amide bonds. The van der Waals surface area contributed by atoms with Crippen LogP contribution in [0.1, 0.15) is 13.3 Å². The van der Waals surface area contributed by atoms with Crippen LogP contribution in [0.3, 0.4) is 0 Å². The number of ether oxygens (including phenoxy) is 1. The molecule has 0 aliphatic rings. The van der Waals surface area contributed by atoms with Gasteiger partial charge in [-0.05, 0) is 18.0 Å². The standard InChI is InChI=1S/C10H14ClN5O/c1-3-6(5-17-2)13-8-7-4-12-16-9(7)15-10(11)14-8/h4,6H,3,5H2,1-2H3,(H2,12,13,14,15,16). The van der Waals surface area contributed by atoms with E-state index < -0.39 is 0 Å². The Morgan fingerprint density at radius 2 is 2.35 bits per heavy atom. The Labute approximate surface area is 104 Å². The Kier molecular flexibility index (Phi) is 3.75. The molecule has 7 heteroatoms. The van der Waals surface area contributed by atoms with E-state index in [1.54, 1.807) is 13.3 Å². The molecule has 2 N–H and O–H groups in total. The fourth-order valence-electron chi connectivity index (χ4n) is 1.57. The maximum absolute atomic E-state index is 5.84. The minimum absolute atomic E-state index is 0.184. The molecule has 1 unspecified atom stereocenters. The first kappa shape index (κ1) is 12.1. The summed E-state index contributed by atoms with van der Waals surface area (Å²) in [6.45, 7) is 2.68. The summed E-state index contributed by atoms with van der Waals surface area (Å²) in [6.07, 6.45) is 2.60. The third-order valence-electron chi connectivity index (χ3n) is 2.48. The molecule has 2 rings (SSSR count). The number of aromatic amines is 1. The number of nitrogens with one attached hydrogen (secondary N) is 2. The van der Waals surface area contributed by atoms with Crippen LogP contribution in [0.4, 0.5) is 5.82 Å². The first-order valence-electron chi connectivity index (χ1n) is 5.36. The second-order valence-corrected chi connectivity index (χ2v) is 4.02. The Morgan fingerprint density at radius 1 is 1.53 bits per heavy atom. The normalized spacial score (nSPS) is 12.9. The quantitative estimate of drug-likeness (QED) is 0.798. The van der Waals surface area contributed by atoms with Crippen LogP contribution in [0.25, 0.3) is 11.0 Å². The van der Waals surface area contributed by atoms with Crippen molar-refractivity contribution in [1.82, 2.24) is 20.2 Å². The van der Waals surface area contributed by atoms with Crippen molar-refractivity contribution in [2.45, 2.75) is 19.4 Å². The molecule has 0 radical (unpaired) electrons. The fourth-order valence-corrected chi connectivity index (χ4v) is 1.74. The molecule has 2 aromatic rings. The van der Waals surface area contributed by atoms with Gasteiger partial charge in [-0.2, -0.15) is 15.1 Å². The number of methoxy groups -OCH3 is 1. The molecule has 92 valence electrons. The number of aromatic nitrogens is 4. The van der Waals surface area contributed by atoms with Gasteiger partial charge in [0.25, 0.3) is 0 Å². The maximum Gasteiger partial charge on any atom is 0.226 e. The molecule has 0 fully saturated rings.